The quantitative estimate of drug-likeness (QED) is 0.894. The van der Waals surface area contributed by atoms with Gasteiger partial charge in [-0.3, -0.25) is 4.79 Å². The van der Waals surface area contributed by atoms with E-state index in [-0.39, 0.29) is 23.7 Å². The monoisotopic (exact) mass is 284 g/mol. The molecule has 1 rings (SSSR count). The summed E-state index contributed by atoms with van der Waals surface area (Å²) >= 11 is 0. The van der Waals surface area contributed by atoms with Gasteiger partial charge in [0.15, 0.2) is 0 Å². The Morgan fingerprint density at radius 1 is 1.11 bits per heavy atom. The summed E-state index contributed by atoms with van der Waals surface area (Å²) in [5.41, 5.74) is 7.23. The van der Waals surface area contributed by atoms with Gasteiger partial charge in [0.25, 0.3) is 0 Å². The van der Waals surface area contributed by atoms with Gasteiger partial charge in [-0.1, -0.05) is 32.9 Å². The second kappa shape index (κ2) is 6.40. The van der Waals surface area contributed by atoms with Crippen LogP contribution in [-0.2, 0) is 10.2 Å². The Bertz CT molecular complexity index is 419. The molecule has 0 aliphatic carbocycles. The van der Waals surface area contributed by atoms with Crippen LogP contribution in [0.3, 0.4) is 0 Å². The van der Waals surface area contributed by atoms with Gasteiger partial charge in [-0.15, -0.1) is 12.4 Å². The highest BCUT2D eigenvalue weighted by atomic mass is 35.5. The summed E-state index contributed by atoms with van der Waals surface area (Å²) in [6, 6.07) is 7.96. The molecule has 3 N–H and O–H groups in total. The molecule has 0 aliphatic rings. The third-order valence-electron chi connectivity index (χ3n) is 3.13. The van der Waals surface area contributed by atoms with E-state index in [1.54, 1.807) is 0 Å². The van der Waals surface area contributed by atoms with E-state index in [1.807, 2.05) is 38.1 Å². The summed E-state index contributed by atoms with van der Waals surface area (Å²) in [6.45, 7) is 10.5. The molecule has 0 aliphatic heterocycles. The van der Waals surface area contributed by atoms with Crippen molar-refractivity contribution < 1.29 is 4.79 Å². The number of anilines is 1. The van der Waals surface area contributed by atoms with Crippen molar-refractivity contribution in [3.05, 3.63) is 29.8 Å². The first kappa shape index (κ1) is 17.9. The van der Waals surface area contributed by atoms with Gasteiger partial charge >= 0.3 is 0 Å². The van der Waals surface area contributed by atoms with Crippen LogP contribution >= 0.6 is 12.4 Å². The van der Waals surface area contributed by atoms with Gasteiger partial charge in [0, 0.05) is 12.2 Å². The highest BCUT2D eigenvalue weighted by Crippen LogP contribution is 2.24. The van der Waals surface area contributed by atoms with Gasteiger partial charge < -0.3 is 11.1 Å². The Kier molecular flexibility index (Phi) is 6.04. The minimum absolute atomic E-state index is 0. The maximum atomic E-state index is 12.0. The molecular formula is C15H25ClN2O. The molecule has 1 aromatic carbocycles. The fourth-order valence-corrected chi connectivity index (χ4v) is 1.45. The average molecular weight is 285 g/mol. The minimum Gasteiger partial charge on any atom is -0.329 e. The number of rotatable bonds is 3. The number of halogens is 1. The highest BCUT2D eigenvalue weighted by Gasteiger charge is 2.25. The zero-order valence-electron chi connectivity index (χ0n) is 12.4. The predicted molar refractivity (Wildman–Crippen MR) is 83.9 cm³/mol. The molecule has 0 fully saturated rings. The first-order valence-corrected chi connectivity index (χ1v) is 6.29. The number of carbonyl (C=O) groups excluding carboxylic acids is 1. The number of nitrogens with one attached hydrogen (secondary N) is 1. The van der Waals surface area contributed by atoms with Gasteiger partial charge in [0.2, 0.25) is 5.91 Å². The minimum atomic E-state index is -0.539. The number of hydrogen-bond donors (Lipinski definition) is 2. The lowest BCUT2D eigenvalue weighted by molar-refractivity contribution is -0.123. The molecule has 0 heterocycles. The molecule has 1 aromatic rings. The predicted octanol–water partition coefficient (Wildman–Crippen LogP) is 3.33. The van der Waals surface area contributed by atoms with Crippen LogP contribution in [-0.4, -0.2) is 12.5 Å². The number of carbonyl (C=O) groups is 1. The molecule has 0 aromatic heterocycles. The van der Waals surface area contributed by atoms with Crippen LogP contribution in [0.25, 0.3) is 0 Å². The topological polar surface area (TPSA) is 55.1 Å². The molecule has 0 spiro atoms. The van der Waals surface area contributed by atoms with Crippen molar-refractivity contribution in [3.63, 3.8) is 0 Å². The lowest BCUT2D eigenvalue weighted by atomic mass is 9.87. The molecule has 4 heteroatoms. The fourth-order valence-electron chi connectivity index (χ4n) is 1.45. The third kappa shape index (κ3) is 4.84. The lowest BCUT2D eigenvalue weighted by Gasteiger charge is -2.22. The largest absolute Gasteiger partial charge is 0.329 e. The second-order valence-electron chi connectivity index (χ2n) is 6.37. The van der Waals surface area contributed by atoms with E-state index in [0.29, 0.717) is 6.54 Å². The molecule has 0 bridgehead atoms. The number of amides is 1. The molecule has 0 radical (unpaired) electrons. The van der Waals surface area contributed by atoms with E-state index in [2.05, 4.69) is 26.1 Å². The Labute approximate surface area is 122 Å². The Balaban J connectivity index is 0.00000324. The zero-order chi connectivity index (χ0) is 14.0. The molecule has 108 valence electrons. The Morgan fingerprint density at radius 2 is 1.58 bits per heavy atom. The summed E-state index contributed by atoms with van der Waals surface area (Å²) in [5.74, 6) is -0.0477. The Hall–Kier alpha value is -1.06. The van der Waals surface area contributed by atoms with Crippen LogP contribution in [0.15, 0.2) is 24.3 Å². The van der Waals surface area contributed by atoms with Gasteiger partial charge in [-0.2, -0.15) is 0 Å². The van der Waals surface area contributed by atoms with Crippen LogP contribution in [0, 0.1) is 5.41 Å². The molecule has 0 saturated heterocycles. The second-order valence-corrected chi connectivity index (χ2v) is 6.37. The SMILES string of the molecule is CC(C)(CN)C(=O)Nc1ccc(C(C)(C)C)cc1.Cl. The zero-order valence-corrected chi connectivity index (χ0v) is 13.2. The lowest BCUT2D eigenvalue weighted by Crippen LogP contribution is -2.37. The molecular weight excluding hydrogens is 260 g/mol. The summed E-state index contributed by atoms with van der Waals surface area (Å²) in [5, 5.41) is 2.89. The van der Waals surface area contributed by atoms with E-state index in [4.69, 9.17) is 5.73 Å². The standard InChI is InChI=1S/C15H24N2O.ClH/c1-14(2,3)11-6-8-12(9-7-11)17-13(18)15(4,5)10-16;/h6-9H,10,16H2,1-5H3,(H,17,18);1H. The van der Waals surface area contributed by atoms with Crippen LogP contribution in [0.5, 0.6) is 0 Å². The van der Waals surface area contributed by atoms with E-state index in [0.717, 1.165) is 5.69 Å². The number of nitrogens with two attached hydrogens (primary N) is 1. The van der Waals surface area contributed by atoms with Crippen molar-refractivity contribution in [3.8, 4) is 0 Å². The smallest absolute Gasteiger partial charge is 0.231 e. The molecule has 0 saturated carbocycles. The molecule has 0 unspecified atom stereocenters. The fraction of sp³-hybridized carbons (Fsp3) is 0.533. The van der Waals surface area contributed by atoms with Crippen LogP contribution in [0.4, 0.5) is 5.69 Å². The molecule has 19 heavy (non-hydrogen) atoms. The van der Waals surface area contributed by atoms with Crippen molar-refractivity contribution >= 4 is 24.0 Å². The number of hydrogen-bond acceptors (Lipinski definition) is 2. The summed E-state index contributed by atoms with van der Waals surface area (Å²) in [7, 11) is 0. The van der Waals surface area contributed by atoms with Crippen molar-refractivity contribution in [2.45, 2.75) is 40.0 Å². The number of benzene rings is 1. The molecule has 0 atom stereocenters. The van der Waals surface area contributed by atoms with Gasteiger partial charge in [0.1, 0.15) is 0 Å². The first-order valence-electron chi connectivity index (χ1n) is 6.29. The molecule has 3 nitrogen and oxygen atoms in total. The van der Waals surface area contributed by atoms with Gasteiger partial charge in [-0.05, 0) is 37.0 Å². The van der Waals surface area contributed by atoms with E-state index in [1.165, 1.54) is 5.56 Å². The average Bonchev–Trinajstić information content (AvgIpc) is 2.28. The van der Waals surface area contributed by atoms with Crippen molar-refractivity contribution in [2.75, 3.05) is 11.9 Å². The van der Waals surface area contributed by atoms with Crippen LogP contribution in [0.2, 0.25) is 0 Å². The van der Waals surface area contributed by atoms with Crippen molar-refractivity contribution in [2.24, 2.45) is 11.1 Å². The summed E-state index contributed by atoms with van der Waals surface area (Å²) in [6.07, 6.45) is 0. The van der Waals surface area contributed by atoms with Crippen LogP contribution in [0.1, 0.15) is 40.2 Å². The first-order chi connectivity index (χ1) is 8.16. The highest BCUT2D eigenvalue weighted by molar-refractivity contribution is 5.94. The van der Waals surface area contributed by atoms with Crippen molar-refractivity contribution in [1.82, 2.24) is 0 Å². The molecule has 1 amide bonds. The maximum absolute atomic E-state index is 12.0. The van der Waals surface area contributed by atoms with E-state index < -0.39 is 5.41 Å². The van der Waals surface area contributed by atoms with E-state index in [9.17, 15) is 4.79 Å². The van der Waals surface area contributed by atoms with Gasteiger partial charge in [-0.25, -0.2) is 0 Å². The van der Waals surface area contributed by atoms with Crippen molar-refractivity contribution in [1.29, 1.82) is 0 Å². The van der Waals surface area contributed by atoms with Crippen LogP contribution < -0.4 is 11.1 Å². The third-order valence-corrected chi connectivity index (χ3v) is 3.13. The normalized spacial score (nSPS) is 11.7. The Morgan fingerprint density at radius 3 is 1.95 bits per heavy atom. The summed E-state index contributed by atoms with van der Waals surface area (Å²) < 4.78 is 0. The van der Waals surface area contributed by atoms with E-state index >= 15 is 0 Å². The van der Waals surface area contributed by atoms with Gasteiger partial charge in [0.05, 0.1) is 5.41 Å². The summed E-state index contributed by atoms with van der Waals surface area (Å²) in [4.78, 5) is 12.0. The maximum Gasteiger partial charge on any atom is 0.231 e.